The molecule has 0 aliphatic carbocycles. The van der Waals surface area contributed by atoms with Crippen molar-refractivity contribution >= 4 is 5.69 Å². The molecule has 0 heterocycles. The summed E-state index contributed by atoms with van der Waals surface area (Å²) >= 11 is 0. The van der Waals surface area contributed by atoms with Gasteiger partial charge < -0.3 is 4.90 Å². The number of aryl methyl sites for hydroxylation is 2. The van der Waals surface area contributed by atoms with E-state index in [1.807, 2.05) is 0 Å². The Morgan fingerprint density at radius 2 is 1.40 bits per heavy atom. The fourth-order valence-corrected chi connectivity index (χ4v) is 2.59. The molecule has 1 rings (SSSR count). The highest BCUT2D eigenvalue weighted by Gasteiger charge is 2.73. The third-order valence-corrected chi connectivity index (χ3v) is 3.65. The third kappa shape index (κ3) is 3.99. The fraction of sp³-hybridized carbons (Fsp3) is 0.412. The van der Waals surface area contributed by atoms with Gasteiger partial charge in [-0.05, 0) is 31.4 Å². The second-order valence-electron chi connectivity index (χ2n) is 5.63. The Bertz CT molecular complexity index is 619. The number of anilines is 1. The highest BCUT2D eigenvalue weighted by atomic mass is 19.4. The number of benzene rings is 1. The van der Waals surface area contributed by atoms with Gasteiger partial charge >= 0.3 is 18.0 Å². The summed E-state index contributed by atoms with van der Waals surface area (Å²) in [6.45, 7) is 6.19. The molecule has 25 heavy (non-hydrogen) atoms. The van der Waals surface area contributed by atoms with Crippen molar-refractivity contribution in [3.63, 3.8) is 0 Å². The number of halogens is 7. The average Bonchev–Trinajstić information content (AvgIpc) is 2.43. The van der Waals surface area contributed by atoms with E-state index in [4.69, 9.17) is 0 Å². The Balaban J connectivity index is 3.50. The minimum atomic E-state index is -6.12. The molecule has 0 N–H and O–H groups in total. The topological polar surface area (TPSA) is 3.24 Å². The van der Waals surface area contributed by atoms with Crippen LogP contribution in [0.1, 0.15) is 23.1 Å². The molecule has 0 radical (unpaired) electrons. The lowest BCUT2D eigenvalue weighted by atomic mass is 9.90. The Morgan fingerprint density at radius 1 is 0.960 bits per heavy atom. The minimum absolute atomic E-state index is 0.0938. The average molecular weight is 369 g/mol. The number of allylic oxidation sites excluding steroid dienone is 2. The van der Waals surface area contributed by atoms with Crippen molar-refractivity contribution in [2.45, 2.75) is 38.3 Å². The Hall–Kier alpha value is -1.99. The summed E-state index contributed by atoms with van der Waals surface area (Å²) in [5, 5.41) is 0. The fourth-order valence-electron chi connectivity index (χ4n) is 2.59. The Kier molecular flexibility index (Phi) is 5.97. The molecule has 0 unspecified atom stereocenters. The Labute approximate surface area is 141 Å². The quantitative estimate of drug-likeness (QED) is 0.446. The first-order valence-electron chi connectivity index (χ1n) is 7.21. The normalized spacial score (nSPS) is 13.4. The largest absolute Gasteiger partial charge is 0.435 e. The summed E-state index contributed by atoms with van der Waals surface area (Å²) in [4.78, 5) is 1.54. The first kappa shape index (κ1) is 21.1. The maximum absolute atomic E-state index is 14.2. The van der Waals surface area contributed by atoms with Crippen molar-refractivity contribution < 1.29 is 30.7 Å². The zero-order valence-corrected chi connectivity index (χ0v) is 13.9. The molecular weight excluding hydrogens is 351 g/mol. The first-order chi connectivity index (χ1) is 11.3. The van der Waals surface area contributed by atoms with Crippen molar-refractivity contribution in [3.8, 4) is 0 Å². The molecular formula is C17H18F7N. The van der Waals surface area contributed by atoms with Gasteiger partial charge in [0.1, 0.15) is 0 Å². The monoisotopic (exact) mass is 369 g/mol. The molecule has 0 aromatic heterocycles. The summed E-state index contributed by atoms with van der Waals surface area (Å²) < 4.78 is 91.5. The highest BCUT2D eigenvalue weighted by molar-refractivity contribution is 5.62. The van der Waals surface area contributed by atoms with Gasteiger partial charge in [0.05, 0.1) is 0 Å². The van der Waals surface area contributed by atoms with Crippen LogP contribution in [0.2, 0.25) is 0 Å². The van der Waals surface area contributed by atoms with E-state index in [9.17, 15) is 30.7 Å². The van der Waals surface area contributed by atoms with Crippen LogP contribution in [0.15, 0.2) is 37.1 Å². The number of hydrogen-bond acceptors (Lipinski definition) is 1. The van der Waals surface area contributed by atoms with Gasteiger partial charge in [-0.15, -0.1) is 6.58 Å². The van der Waals surface area contributed by atoms with Crippen LogP contribution >= 0.6 is 0 Å². The molecule has 0 bridgehead atoms. The second kappa shape index (κ2) is 7.09. The van der Waals surface area contributed by atoms with Gasteiger partial charge in [0.25, 0.3) is 0 Å². The number of hydrogen-bond donors (Lipinski definition) is 0. The zero-order valence-electron chi connectivity index (χ0n) is 13.9. The zero-order chi connectivity index (χ0) is 19.6. The lowest BCUT2D eigenvalue weighted by Gasteiger charge is -2.31. The predicted octanol–water partition coefficient (Wildman–Crippen LogP) is 6.12. The van der Waals surface area contributed by atoms with Gasteiger partial charge in [0, 0.05) is 24.5 Å². The summed E-state index contributed by atoms with van der Waals surface area (Å²) in [5.74, 6) is 0. The van der Waals surface area contributed by atoms with Gasteiger partial charge in [-0.1, -0.05) is 24.3 Å². The molecule has 0 aliphatic rings. The maximum Gasteiger partial charge on any atom is 0.435 e. The van der Waals surface area contributed by atoms with Crippen LogP contribution < -0.4 is 4.90 Å². The molecule has 0 spiro atoms. The van der Waals surface area contributed by atoms with Gasteiger partial charge in [0.2, 0.25) is 0 Å². The first-order valence-corrected chi connectivity index (χ1v) is 7.21. The van der Waals surface area contributed by atoms with E-state index >= 15 is 0 Å². The van der Waals surface area contributed by atoms with Gasteiger partial charge in [0.15, 0.2) is 0 Å². The molecule has 1 nitrogen and oxygen atoms in total. The second-order valence-corrected chi connectivity index (χ2v) is 5.63. The van der Waals surface area contributed by atoms with Crippen molar-refractivity contribution in [2.24, 2.45) is 0 Å². The third-order valence-electron chi connectivity index (χ3n) is 3.65. The number of rotatable bonds is 5. The van der Waals surface area contributed by atoms with E-state index < -0.39 is 23.6 Å². The van der Waals surface area contributed by atoms with Gasteiger partial charge in [-0.3, -0.25) is 0 Å². The van der Waals surface area contributed by atoms with Crippen LogP contribution in [0.5, 0.6) is 0 Å². The van der Waals surface area contributed by atoms with E-state index in [1.165, 1.54) is 13.8 Å². The van der Waals surface area contributed by atoms with Crippen molar-refractivity contribution in [1.82, 2.24) is 0 Å². The van der Waals surface area contributed by atoms with Crippen LogP contribution in [-0.4, -0.2) is 19.4 Å². The summed E-state index contributed by atoms with van der Waals surface area (Å²) in [6.07, 6.45) is -6.77. The molecule has 0 saturated carbocycles. The van der Waals surface area contributed by atoms with Crippen LogP contribution in [0.25, 0.3) is 0 Å². The molecule has 8 heteroatoms. The molecule has 0 fully saturated rings. The van der Waals surface area contributed by atoms with Crippen LogP contribution in [0.3, 0.4) is 0 Å². The van der Waals surface area contributed by atoms with Gasteiger partial charge in [-0.25, -0.2) is 4.39 Å². The number of alkyl halides is 7. The lowest BCUT2D eigenvalue weighted by Crippen LogP contribution is -2.50. The number of nitrogens with zero attached hydrogens (tertiary/aromatic N) is 1. The van der Waals surface area contributed by atoms with E-state index in [2.05, 4.69) is 6.58 Å². The van der Waals surface area contributed by atoms with Crippen LogP contribution in [0.4, 0.5) is 36.4 Å². The molecule has 1 aromatic carbocycles. The van der Waals surface area contributed by atoms with Crippen molar-refractivity contribution in [3.05, 3.63) is 53.8 Å². The molecule has 140 valence electrons. The Morgan fingerprint density at radius 3 is 1.76 bits per heavy atom. The standard InChI is InChI=1S/C17H18F7N/c1-5-6-7-8-25(4)14-11(2)9-13(10-12(14)3)15(18,16(19,20)21)17(22,23)24/h5,7-10H,1,6H2,2-4H3. The molecule has 1 aromatic rings. The molecule has 0 atom stereocenters. The summed E-state index contributed by atoms with van der Waals surface area (Å²) in [7, 11) is 1.59. The predicted molar refractivity (Wildman–Crippen MR) is 83.2 cm³/mol. The van der Waals surface area contributed by atoms with Crippen LogP contribution in [0, 0.1) is 13.8 Å². The van der Waals surface area contributed by atoms with E-state index in [1.54, 1.807) is 30.3 Å². The van der Waals surface area contributed by atoms with Crippen LogP contribution in [-0.2, 0) is 5.67 Å². The maximum atomic E-state index is 14.2. The summed E-state index contributed by atoms with van der Waals surface area (Å²) in [5.41, 5.74) is -6.32. The molecule has 0 aliphatic heterocycles. The van der Waals surface area contributed by atoms with E-state index in [0.29, 0.717) is 24.2 Å². The van der Waals surface area contributed by atoms with Gasteiger partial charge in [-0.2, -0.15) is 26.3 Å². The highest BCUT2D eigenvalue weighted by Crippen LogP contribution is 2.53. The molecule has 0 saturated heterocycles. The van der Waals surface area contributed by atoms with E-state index in [-0.39, 0.29) is 11.1 Å². The minimum Gasteiger partial charge on any atom is -0.351 e. The summed E-state index contributed by atoms with van der Waals surface area (Å²) in [6, 6.07) is 1.17. The SMILES string of the molecule is C=CCC=CN(C)c1c(C)cc(C(F)(C(F)(F)F)C(F)(F)F)cc1C. The van der Waals surface area contributed by atoms with Crippen molar-refractivity contribution in [1.29, 1.82) is 0 Å². The lowest BCUT2D eigenvalue weighted by molar-refractivity contribution is -0.348. The van der Waals surface area contributed by atoms with E-state index in [0.717, 1.165) is 0 Å². The smallest absolute Gasteiger partial charge is 0.351 e. The van der Waals surface area contributed by atoms with Crippen molar-refractivity contribution in [2.75, 3.05) is 11.9 Å². The molecule has 0 amide bonds.